The molecule has 252 valence electrons. The normalized spacial score (nSPS) is 13.8. The summed E-state index contributed by atoms with van der Waals surface area (Å²) in [6.45, 7) is 11.5. The first-order chi connectivity index (χ1) is 22.4. The minimum Gasteiger partial charge on any atom is -0.444 e. The third-order valence-electron chi connectivity index (χ3n) is 7.82. The van der Waals surface area contributed by atoms with Gasteiger partial charge in [-0.2, -0.15) is 0 Å². The predicted octanol–water partition coefficient (Wildman–Crippen LogP) is 6.02. The van der Waals surface area contributed by atoms with Crippen LogP contribution in [-0.4, -0.2) is 98.7 Å². The summed E-state index contributed by atoms with van der Waals surface area (Å²) in [5.74, 6) is -0.321. The summed E-state index contributed by atoms with van der Waals surface area (Å²) in [5, 5.41) is 8.64. The van der Waals surface area contributed by atoms with Gasteiger partial charge >= 0.3 is 12.1 Å². The molecule has 1 saturated heterocycles. The van der Waals surface area contributed by atoms with Crippen LogP contribution in [0.3, 0.4) is 0 Å². The summed E-state index contributed by atoms with van der Waals surface area (Å²) in [6.07, 6.45) is 0.250. The lowest BCUT2D eigenvalue weighted by Gasteiger charge is -2.33. The average molecular weight is 644 g/mol. The first-order valence-electron chi connectivity index (χ1n) is 16.1. The Balaban J connectivity index is 1.40. The maximum atomic E-state index is 13.5. The summed E-state index contributed by atoms with van der Waals surface area (Å²) in [7, 11) is 6.10. The molecule has 3 aromatic carbocycles. The van der Waals surface area contributed by atoms with Crippen molar-refractivity contribution >= 4 is 40.8 Å². The minimum absolute atomic E-state index is 0.170. The van der Waals surface area contributed by atoms with Crippen molar-refractivity contribution in [3.05, 3.63) is 83.9 Å². The number of amides is 4. The zero-order valence-electron chi connectivity index (χ0n) is 28.5. The van der Waals surface area contributed by atoms with Crippen LogP contribution in [0.1, 0.15) is 43.1 Å². The van der Waals surface area contributed by atoms with Gasteiger partial charge in [0, 0.05) is 70.3 Å². The molecule has 4 amide bonds. The quantitative estimate of drug-likeness (QED) is 0.234. The van der Waals surface area contributed by atoms with Crippen LogP contribution in [0.2, 0.25) is 0 Å². The number of benzene rings is 3. The smallest absolute Gasteiger partial charge is 0.412 e. The predicted molar refractivity (Wildman–Crippen MR) is 189 cm³/mol. The van der Waals surface area contributed by atoms with Crippen molar-refractivity contribution in [1.29, 1.82) is 0 Å². The summed E-state index contributed by atoms with van der Waals surface area (Å²) in [5.41, 5.74) is 3.38. The number of piperazine rings is 1. The Hall–Kier alpha value is -4.61. The van der Waals surface area contributed by atoms with Crippen LogP contribution < -0.4 is 20.9 Å². The highest BCUT2D eigenvalue weighted by Crippen LogP contribution is 2.23. The van der Waals surface area contributed by atoms with E-state index in [0.717, 1.165) is 56.1 Å². The van der Waals surface area contributed by atoms with Gasteiger partial charge in [0.25, 0.3) is 5.91 Å². The van der Waals surface area contributed by atoms with Gasteiger partial charge in [-0.15, -0.1) is 0 Å². The number of nitrogens with one attached hydrogen (secondary N) is 3. The van der Waals surface area contributed by atoms with Gasteiger partial charge in [0.2, 0.25) is 0 Å². The lowest BCUT2D eigenvalue weighted by Crippen LogP contribution is -2.45. The van der Waals surface area contributed by atoms with Gasteiger partial charge in [-0.25, -0.2) is 9.59 Å². The first-order valence-corrected chi connectivity index (χ1v) is 16.1. The number of nitrogens with zero attached hydrogens (tertiary/aromatic N) is 4. The van der Waals surface area contributed by atoms with E-state index in [1.807, 2.05) is 60.3 Å². The van der Waals surface area contributed by atoms with E-state index >= 15 is 0 Å². The third kappa shape index (κ3) is 11.3. The van der Waals surface area contributed by atoms with E-state index < -0.39 is 11.7 Å². The van der Waals surface area contributed by atoms with Gasteiger partial charge in [0.1, 0.15) is 5.60 Å². The van der Waals surface area contributed by atoms with Gasteiger partial charge in [-0.05, 0) is 94.9 Å². The third-order valence-corrected chi connectivity index (χ3v) is 7.82. The van der Waals surface area contributed by atoms with E-state index in [0.29, 0.717) is 30.0 Å². The summed E-state index contributed by atoms with van der Waals surface area (Å²) in [4.78, 5) is 47.6. The number of anilines is 4. The second-order valence-corrected chi connectivity index (χ2v) is 13.1. The molecule has 0 bridgehead atoms. The van der Waals surface area contributed by atoms with E-state index in [4.69, 9.17) is 4.74 Å². The zero-order valence-corrected chi connectivity index (χ0v) is 28.5. The molecular formula is C36H49N7O4. The Kier molecular flexibility index (Phi) is 12.2. The SMILES string of the molecule is CN1CCN(CCCN(Cc2ccc(C(=O)Nc3ccccc3NC(=O)OC(C)(C)C)cc2)C(=O)Nc2ccc(N(C)C)cc2)CC1. The number of ether oxygens (including phenoxy) is 1. The Morgan fingerprint density at radius 2 is 1.43 bits per heavy atom. The number of hydrogen-bond acceptors (Lipinski definition) is 7. The molecule has 1 fully saturated rings. The molecule has 3 N–H and O–H groups in total. The highest BCUT2D eigenvalue weighted by molar-refractivity contribution is 6.06. The number of rotatable bonds is 11. The first kappa shape index (κ1) is 35.2. The standard InChI is InChI=1S/C36H49N7O4/c1-36(2,3)47-35(46)39-32-11-8-7-10-31(32)38-33(44)28-14-12-27(13-15-28)26-43(21-9-20-42-24-22-41(6)23-25-42)34(45)37-29-16-18-30(19-17-29)40(4)5/h7-8,10-19H,9,20-26H2,1-6H3,(H,37,45)(H,38,44)(H,39,46). The molecule has 0 saturated carbocycles. The largest absolute Gasteiger partial charge is 0.444 e. The fourth-order valence-electron chi connectivity index (χ4n) is 5.15. The lowest BCUT2D eigenvalue weighted by atomic mass is 10.1. The molecule has 3 aromatic rings. The van der Waals surface area contributed by atoms with Crippen molar-refractivity contribution in [3.63, 3.8) is 0 Å². The molecule has 0 radical (unpaired) electrons. The number of hydrogen-bond donors (Lipinski definition) is 3. The Morgan fingerprint density at radius 3 is 2.02 bits per heavy atom. The van der Waals surface area contributed by atoms with Crippen LogP contribution in [0, 0.1) is 0 Å². The van der Waals surface area contributed by atoms with Gasteiger partial charge < -0.3 is 35.0 Å². The van der Waals surface area contributed by atoms with Crippen molar-refractivity contribution in [1.82, 2.24) is 14.7 Å². The Morgan fingerprint density at radius 1 is 0.809 bits per heavy atom. The fraction of sp³-hybridized carbons (Fsp3) is 0.417. The molecule has 11 nitrogen and oxygen atoms in total. The summed E-state index contributed by atoms with van der Waals surface area (Å²) >= 11 is 0. The van der Waals surface area contributed by atoms with Crippen molar-refractivity contribution in [2.24, 2.45) is 0 Å². The second kappa shape index (κ2) is 16.3. The number of likely N-dealkylation sites (N-methyl/N-ethyl adjacent to an activating group) is 1. The molecule has 0 spiro atoms. The van der Waals surface area contributed by atoms with Crippen LogP contribution in [0.4, 0.5) is 32.3 Å². The lowest BCUT2D eigenvalue weighted by molar-refractivity contribution is 0.0635. The maximum absolute atomic E-state index is 13.5. The van der Waals surface area contributed by atoms with Crippen molar-refractivity contribution in [2.45, 2.75) is 39.3 Å². The topological polar surface area (TPSA) is 109 Å². The monoisotopic (exact) mass is 643 g/mol. The van der Waals surface area contributed by atoms with Crippen LogP contribution >= 0.6 is 0 Å². The van der Waals surface area contributed by atoms with Gasteiger partial charge in [0.05, 0.1) is 11.4 Å². The maximum Gasteiger partial charge on any atom is 0.412 e. The molecule has 0 aromatic heterocycles. The zero-order chi connectivity index (χ0) is 34.0. The molecule has 1 heterocycles. The van der Waals surface area contributed by atoms with Gasteiger partial charge in [-0.3, -0.25) is 10.1 Å². The van der Waals surface area contributed by atoms with Crippen molar-refractivity contribution in [2.75, 3.05) is 81.3 Å². The molecule has 0 aliphatic carbocycles. The van der Waals surface area contributed by atoms with Gasteiger partial charge in [0.15, 0.2) is 0 Å². The van der Waals surface area contributed by atoms with E-state index in [-0.39, 0.29) is 11.9 Å². The van der Waals surface area contributed by atoms with Crippen LogP contribution in [0.15, 0.2) is 72.8 Å². The van der Waals surface area contributed by atoms with E-state index in [2.05, 4.69) is 32.8 Å². The second-order valence-electron chi connectivity index (χ2n) is 13.1. The number of carbonyl (C=O) groups is 3. The summed E-state index contributed by atoms with van der Waals surface area (Å²) < 4.78 is 5.35. The Bertz CT molecular complexity index is 1480. The molecule has 4 rings (SSSR count). The number of carbonyl (C=O) groups excluding carboxylic acids is 3. The Labute approximate surface area is 278 Å². The summed E-state index contributed by atoms with van der Waals surface area (Å²) in [6, 6.07) is 21.8. The molecule has 1 aliphatic heterocycles. The van der Waals surface area contributed by atoms with Crippen LogP contribution in [-0.2, 0) is 11.3 Å². The van der Waals surface area contributed by atoms with Crippen LogP contribution in [0.25, 0.3) is 0 Å². The molecule has 0 unspecified atom stereocenters. The van der Waals surface area contributed by atoms with Crippen molar-refractivity contribution in [3.8, 4) is 0 Å². The molecule has 47 heavy (non-hydrogen) atoms. The molecule has 0 atom stereocenters. The van der Waals surface area contributed by atoms with E-state index in [1.54, 1.807) is 57.2 Å². The van der Waals surface area contributed by atoms with Crippen molar-refractivity contribution < 1.29 is 19.1 Å². The fourth-order valence-corrected chi connectivity index (χ4v) is 5.15. The molecule has 11 heteroatoms. The molecular weight excluding hydrogens is 594 g/mol. The van der Waals surface area contributed by atoms with Gasteiger partial charge in [-0.1, -0.05) is 24.3 Å². The molecule has 1 aliphatic rings. The highest BCUT2D eigenvalue weighted by Gasteiger charge is 2.20. The van der Waals surface area contributed by atoms with Crippen LogP contribution in [0.5, 0.6) is 0 Å². The highest BCUT2D eigenvalue weighted by atomic mass is 16.6. The van der Waals surface area contributed by atoms with E-state index in [1.165, 1.54) is 0 Å². The number of urea groups is 1. The van der Waals surface area contributed by atoms with E-state index in [9.17, 15) is 14.4 Å². The minimum atomic E-state index is -0.650. The average Bonchev–Trinajstić information content (AvgIpc) is 3.02. The number of para-hydroxylation sites is 2.